The van der Waals surface area contributed by atoms with E-state index in [1.807, 2.05) is 0 Å². The molecule has 1 unspecified atom stereocenters. The largest absolute Gasteiger partial charge is 0.394 e. The molecule has 1 aliphatic rings. The topological polar surface area (TPSA) is 101 Å². The van der Waals surface area contributed by atoms with Crippen LogP contribution in [0.25, 0.3) is 0 Å². The van der Waals surface area contributed by atoms with E-state index in [-0.39, 0.29) is 30.9 Å². The Bertz CT molecular complexity index is 404. The molecule has 1 amide bonds. The van der Waals surface area contributed by atoms with E-state index < -0.39 is 6.04 Å². The highest BCUT2D eigenvalue weighted by Crippen LogP contribution is 2.09. The molecule has 2 rings (SSSR count). The van der Waals surface area contributed by atoms with Crippen molar-refractivity contribution in [3.05, 3.63) is 11.9 Å². The van der Waals surface area contributed by atoms with E-state index in [0.717, 1.165) is 13.1 Å². The van der Waals surface area contributed by atoms with Gasteiger partial charge in [-0.2, -0.15) is 0 Å². The molecule has 100 valence electrons. The Morgan fingerprint density at radius 1 is 1.78 bits per heavy atom. The number of methoxy groups -OCH3 is 1. The molecule has 0 aromatic carbocycles. The predicted molar refractivity (Wildman–Crippen MR) is 62.1 cm³/mol. The zero-order valence-electron chi connectivity index (χ0n) is 10.2. The number of nitrogens with one attached hydrogen (secondary N) is 2. The first-order chi connectivity index (χ1) is 8.74. The summed E-state index contributed by atoms with van der Waals surface area (Å²) in [5, 5.41) is 22.5. The Hall–Kier alpha value is -1.51. The average Bonchev–Trinajstić information content (AvgIpc) is 2.75. The molecule has 0 aliphatic carbocycles. The molecule has 2 heterocycles. The number of amides is 1. The van der Waals surface area contributed by atoms with Gasteiger partial charge in [-0.05, 0) is 0 Å². The molecule has 1 saturated heterocycles. The summed E-state index contributed by atoms with van der Waals surface area (Å²) in [7, 11) is 1.51. The van der Waals surface area contributed by atoms with Crippen molar-refractivity contribution in [3.8, 4) is 0 Å². The molecule has 8 nitrogen and oxygen atoms in total. The molecule has 1 aliphatic heterocycles. The van der Waals surface area contributed by atoms with Gasteiger partial charge in [-0.15, -0.1) is 5.10 Å². The summed E-state index contributed by atoms with van der Waals surface area (Å²) in [6.45, 7) is 1.75. The first-order valence-electron chi connectivity index (χ1n) is 5.77. The Labute approximate surface area is 104 Å². The van der Waals surface area contributed by atoms with Crippen molar-refractivity contribution >= 4 is 5.91 Å². The van der Waals surface area contributed by atoms with Crippen molar-refractivity contribution in [1.82, 2.24) is 25.6 Å². The number of ether oxygens (including phenoxy) is 1. The second-order valence-corrected chi connectivity index (χ2v) is 4.20. The zero-order valence-corrected chi connectivity index (χ0v) is 10.2. The van der Waals surface area contributed by atoms with Gasteiger partial charge in [-0.25, -0.2) is 4.68 Å². The highest BCUT2D eigenvalue weighted by atomic mass is 16.5. The van der Waals surface area contributed by atoms with E-state index in [0.29, 0.717) is 0 Å². The van der Waals surface area contributed by atoms with Crippen LogP contribution in [-0.4, -0.2) is 65.5 Å². The quantitative estimate of drug-likeness (QED) is 0.552. The number of hydrogen-bond acceptors (Lipinski definition) is 6. The lowest BCUT2D eigenvalue weighted by molar-refractivity contribution is 0.0835. The number of carbonyl (C=O) groups excluding carboxylic acids is 1. The van der Waals surface area contributed by atoms with Crippen LogP contribution in [0.1, 0.15) is 16.5 Å². The summed E-state index contributed by atoms with van der Waals surface area (Å²) in [5.74, 6) is -0.357. The van der Waals surface area contributed by atoms with Crippen LogP contribution < -0.4 is 10.6 Å². The highest BCUT2D eigenvalue weighted by molar-refractivity contribution is 5.92. The Morgan fingerprint density at radius 2 is 2.56 bits per heavy atom. The van der Waals surface area contributed by atoms with Gasteiger partial charge >= 0.3 is 0 Å². The van der Waals surface area contributed by atoms with Gasteiger partial charge in [0.1, 0.15) is 0 Å². The minimum absolute atomic E-state index is 0.180. The normalized spacial score (nSPS) is 17.2. The summed E-state index contributed by atoms with van der Waals surface area (Å²) in [6.07, 6.45) is 1.61. The lowest BCUT2D eigenvalue weighted by atomic mass is 10.2. The van der Waals surface area contributed by atoms with Gasteiger partial charge < -0.3 is 20.5 Å². The fourth-order valence-corrected chi connectivity index (χ4v) is 1.62. The van der Waals surface area contributed by atoms with Gasteiger partial charge in [0.15, 0.2) is 5.69 Å². The Morgan fingerprint density at radius 3 is 3.11 bits per heavy atom. The number of aromatic nitrogens is 3. The van der Waals surface area contributed by atoms with E-state index in [4.69, 9.17) is 9.84 Å². The van der Waals surface area contributed by atoms with Crippen LogP contribution in [0.4, 0.5) is 0 Å². The molecule has 8 heteroatoms. The molecule has 1 fully saturated rings. The fraction of sp³-hybridized carbons (Fsp3) is 0.700. The molecule has 0 bridgehead atoms. The van der Waals surface area contributed by atoms with Gasteiger partial charge in [0.05, 0.1) is 31.5 Å². The van der Waals surface area contributed by atoms with Gasteiger partial charge in [-0.3, -0.25) is 4.79 Å². The maximum Gasteiger partial charge on any atom is 0.273 e. The SMILES string of the molecule is COCC(CO)NC(=O)c1cn(C2CNC2)nn1. The molecule has 1 atom stereocenters. The van der Waals surface area contributed by atoms with Gasteiger partial charge in [-0.1, -0.05) is 5.21 Å². The Kier molecular flexibility index (Phi) is 4.24. The van der Waals surface area contributed by atoms with Crippen molar-refractivity contribution < 1.29 is 14.6 Å². The van der Waals surface area contributed by atoms with Crippen LogP contribution in [0.2, 0.25) is 0 Å². The summed E-state index contributed by atoms with van der Waals surface area (Å²) >= 11 is 0. The molecule has 0 radical (unpaired) electrons. The van der Waals surface area contributed by atoms with Crippen molar-refractivity contribution in [1.29, 1.82) is 0 Å². The minimum atomic E-state index is -0.432. The molecular weight excluding hydrogens is 238 g/mol. The van der Waals surface area contributed by atoms with E-state index in [1.165, 1.54) is 7.11 Å². The molecule has 3 N–H and O–H groups in total. The van der Waals surface area contributed by atoms with Crippen molar-refractivity contribution in [2.75, 3.05) is 33.4 Å². The summed E-state index contributed by atoms with van der Waals surface area (Å²) in [4.78, 5) is 11.8. The second kappa shape index (κ2) is 5.89. The number of aliphatic hydroxyl groups is 1. The number of rotatable bonds is 6. The van der Waals surface area contributed by atoms with Gasteiger partial charge in [0.2, 0.25) is 0 Å². The first kappa shape index (κ1) is 12.9. The first-order valence-corrected chi connectivity index (χ1v) is 5.77. The van der Waals surface area contributed by atoms with Crippen LogP contribution in [0.5, 0.6) is 0 Å². The summed E-state index contributed by atoms with van der Waals surface area (Å²) in [6, 6.07) is -0.162. The van der Waals surface area contributed by atoms with Crippen molar-refractivity contribution in [3.63, 3.8) is 0 Å². The lowest BCUT2D eigenvalue weighted by Gasteiger charge is -2.26. The van der Waals surface area contributed by atoms with E-state index in [2.05, 4.69) is 20.9 Å². The number of hydrogen-bond donors (Lipinski definition) is 3. The smallest absolute Gasteiger partial charge is 0.273 e. The lowest BCUT2D eigenvalue weighted by Crippen LogP contribution is -2.43. The predicted octanol–water partition coefficient (Wildman–Crippen LogP) is -1.84. The molecule has 1 aromatic heterocycles. The monoisotopic (exact) mass is 255 g/mol. The maximum atomic E-state index is 11.8. The van der Waals surface area contributed by atoms with Crippen molar-refractivity contribution in [2.24, 2.45) is 0 Å². The molecule has 18 heavy (non-hydrogen) atoms. The fourth-order valence-electron chi connectivity index (χ4n) is 1.62. The van der Waals surface area contributed by atoms with Crippen LogP contribution in [0.3, 0.4) is 0 Å². The van der Waals surface area contributed by atoms with Crippen LogP contribution in [0, 0.1) is 0 Å². The highest BCUT2D eigenvalue weighted by Gasteiger charge is 2.22. The summed E-state index contributed by atoms with van der Waals surface area (Å²) < 4.78 is 6.55. The molecule has 0 spiro atoms. The zero-order chi connectivity index (χ0) is 13.0. The standard InChI is InChI=1S/C10H17N5O3/c1-18-6-7(5-16)12-10(17)9-4-15(14-13-9)8-2-11-3-8/h4,7-8,11,16H,2-3,5-6H2,1H3,(H,12,17). The van der Waals surface area contributed by atoms with Crippen LogP contribution >= 0.6 is 0 Å². The molecule has 0 saturated carbocycles. The second-order valence-electron chi connectivity index (χ2n) is 4.20. The number of nitrogens with zero attached hydrogens (tertiary/aromatic N) is 3. The Balaban J connectivity index is 1.93. The molecular formula is C10H17N5O3. The van der Waals surface area contributed by atoms with Crippen LogP contribution in [0.15, 0.2) is 6.20 Å². The van der Waals surface area contributed by atoms with Crippen LogP contribution in [-0.2, 0) is 4.74 Å². The average molecular weight is 255 g/mol. The molecule has 1 aromatic rings. The third kappa shape index (κ3) is 2.84. The number of aliphatic hydroxyl groups excluding tert-OH is 1. The third-order valence-electron chi connectivity index (χ3n) is 2.80. The maximum absolute atomic E-state index is 11.8. The van der Waals surface area contributed by atoms with E-state index >= 15 is 0 Å². The van der Waals surface area contributed by atoms with E-state index in [9.17, 15) is 4.79 Å². The summed E-state index contributed by atoms with van der Waals surface area (Å²) in [5.41, 5.74) is 0.247. The van der Waals surface area contributed by atoms with E-state index in [1.54, 1.807) is 10.9 Å². The minimum Gasteiger partial charge on any atom is -0.394 e. The third-order valence-corrected chi connectivity index (χ3v) is 2.80. The van der Waals surface area contributed by atoms with Gasteiger partial charge in [0.25, 0.3) is 5.91 Å². The van der Waals surface area contributed by atoms with Crippen molar-refractivity contribution in [2.45, 2.75) is 12.1 Å². The van der Waals surface area contributed by atoms with Gasteiger partial charge in [0, 0.05) is 20.2 Å². The number of carbonyl (C=O) groups is 1.